The first kappa shape index (κ1) is 22.6. The van der Waals surface area contributed by atoms with Gasteiger partial charge in [-0.25, -0.2) is 9.49 Å². The Labute approximate surface area is 200 Å². The summed E-state index contributed by atoms with van der Waals surface area (Å²) in [5.74, 6) is 0.425. The van der Waals surface area contributed by atoms with Gasteiger partial charge in [0.1, 0.15) is 11.6 Å². The van der Waals surface area contributed by atoms with Crippen LogP contribution in [0.25, 0.3) is 0 Å². The molecule has 11 heteroatoms. The number of carbonyl (C=O) groups is 1. The van der Waals surface area contributed by atoms with E-state index >= 15 is 0 Å². The zero-order valence-electron chi connectivity index (χ0n) is 19.4. The minimum atomic E-state index is -0.438. The molecule has 1 aromatic heterocycles. The van der Waals surface area contributed by atoms with Gasteiger partial charge < -0.3 is 5.11 Å². The average Bonchev–Trinajstić information content (AvgIpc) is 3.49. The van der Waals surface area contributed by atoms with E-state index in [1.54, 1.807) is 26.0 Å². The van der Waals surface area contributed by atoms with Crippen molar-refractivity contribution >= 4 is 28.7 Å². The smallest absolute Gasteiger partial charge is 0.301 e. The molecular weight excluding hydrogens is 451 g/mol. The molecule has 2 aliphatic rings. The van der Waals surface area contributed by atoms with Gasteiger partial charge in [0.25, 0.3) is 0 Å². The van der Waals surface area contributed by atoms with Gasteiger partial charge >= 0.3 is 5.91 Å². The molecule has 1 fully saturated rings. The van der Waals surface area contributed by atoms with Crippen molar-refractivity contribution in [3.63, 3.8) is 0 Å². The number of rotatable bonds is 5. The molecule has 0 bridgehead atoms. The van der Waals surface area contributed by atoms with Crippen molar-refractivity contribution in [2.75, 3.05) is 10.4 Å². The quantitative estimate of drug-likeness (QED) is 0.377. The van der Waals surface area contributed by atoms with Gasteiger partial charge in [-0.1, -0.05) is 18.6 Å². The number of phenols is 1. The molecule has 3 N–H and O–H groups in total. The van der Waals surface area contributed by atoms with Crippen LogP contribution in [0.1, 0.15) is 61.4 Å². The standard InChI is InChI=1S/C24H25FN8O2/c1-13-11-17(9-10-19(13)25)33-24(35)21(14(2)30-33)27-26-20-8-4-7-18(22(20)34)15-5-3-6-16(12-15)23-28-31-32-29-23/h4,7-11,15-16,26,34H,3,5-6,12H2,1-2H3,(H,28,29,31,32). The van der Waals surface area contributed by atoms with E-state index in [4.69, 9.17) is 0 Å². The van der Waals surface area contributed by atoms with Gasteiger partial charge in [-0.05, 0) is 84.8 Å². The summed E-state index contributed by atoms with van der Waals surface area (Å²) in [7, 11) is 0. The van der Waals surface area contributed by atoms with Crippen molar-refractivity contribution in [2.24, 2.45) is 10.2 Å². The number of anilines is 2. The normalized spacial score (nSPS) is 21.5. The molecule has 1 aliphatic carbocycles. The second-order valence-electron chi connectivity index (χ2n) is 8.90. The number of carbonyl (C=O) groups excluding carboxylic acids is 1. The number of hydrazone groups is 2. The molecule has 35 heavy (non-hydrogen) atoms. The van der Waals surface area contributed by atoms with Crippen LogP contribution in [0.3, 0.4) is 0 Å². The Hall–Kier alpha value is -4.15. The number of benzene rings is 2. The van der Waals surface area contributed by atoms with Gasteiger partial charge in [0, 0.05) is 5.92 Å². The molecule has 2 heterocycles. The molecule has 0 radical (unpaired) electrons. The zero-order valence-corrected chi connectivity index (χ0v) is 19.4. The molecule has 2 unspecified atom stereocenters. The van der Waals surface area contributed by atoms with Crippen LogP contribution in [-0.2, 0) is 4.79 Å². The number of aromatic nitrogens is 4. The number of aromatic hydroxyl groups is 1. The highest BCUT2D eigenvalue weighted by atomic mass is 19.1. The lowest BCUT2D eigenvalue weighted by Crippen LogP contribution is -2.28. The maximum Gasteiger partial charge on any atom is 0.301 e. The topological polar surface area (TPSA) is 132 Å². The zero-order chi connectivity index (χ0) is 24.5. The molecule has 0 saturated heterocycles. The number of nitrogens with zero attached hydrogens (tertiary/aromatic N) is 6. The van der Waals surface area contributed by atoms with Crippen LogP contribution in [0, 0.1) is 12.7 Å². The van der Waals surface area contributed by atoms with E-state index in [0.717, 1.165) is 37.1 Å². The Morgan fingerprint density at radius 3 is 2.80 bits per heavy atom. The number of phenolic OH excluding ortho intramolecular Hbond substituents is 1. The molecule has 180 valence electrons. The fourth-order valence-electron chi connectivity index (χ4n) is 4.72. The lowest BCUT2D eigenvalue weighted by Gasteiger charge is -2.28. The highest BCUT2D eigenvalue weighted by Gasteiger charge is 2.32. The van der Waals surface area contributed by atoms with Crippen molar-refractivity contribution in [2.45, 2.75) is 51.4 Å². The summed E-state index contributed by atoms with van der Waals surface area (Å²) < 4.78 is 13.6. The van der Waals surface area contributed by atoms with E-state index in [1.807, 2.05) is 12.1 Å². The lowest BCUT2D eigenvalue weighted by molar-refractivity contribution is -0.112. The summed E-state index contributed by atoms with van der Waals surface area (Å²) in [6, 6.07) is 9.82. The van der Waals surface area contributed by atoms with E-state index in [1.165, 1.54) is 17.1 Å². The third-order valence-electron chi connectivity index (χ3n) is 6.59. The lowest BCUT2D eigenvalue weighted by atomic mass is 9.77. The SMILES string of the molecule is CC1=NN(c2ccc(F)c(C)c2)C(=O)C1=NNc1cccc(C2CCCC(c3nnn[nH]3)C2)c1O. The first-order valence-corrected chi connectivity index (χ1v) is 11.5. The fraction of sp³-hybridized carbons (Fsp3) is 0.333. The molecule has 1 saturated carbocycles. The van der Waals surface area contributed by atoms with Gasteiger partial charge in [-0.15, -0.1) is 5.10 Å². The summed E-state index contributed by atoms with van der Waals surface area (Å²) in [6.45, 7) is 3.30. The summed E-state index contributed by atoms with van der Waals surface area (Å²) >= 11 is 0. The summed E-state index contributed by atoms with van der Waals surface area (Å²) in [6.07, 6.45) is 3.75. The molecule has 0 spiro atoms. The minimum Gasteiger partial charge on any atom is -0.505 e. The van der Waals surface area contributed by atoms with Crippen molar-refractivity contribution in [3.05, 3.63) is 59.2 Å². The van der Waals surface area contributed by atoms with Gasteiger partial charge in [0.05, 0.1) is 17.1 Å². The second-order valence-corrected chi connectivity index (χ2v) is 8.90. The van der Waals surface area contributed by atoms with Gasteiger partial charge in [0.15, 0.2) is 11.5 Å². The molecule has 5 rings (SSSR count). The highest BCUT2D eigenvalue weighted by molar-refractivity contribution is 6.71. The monoisotopic (exact) mass is 476 g/mol. The first-order valence-electron chi connectivity index (χ1n) is 11.5. The van der Waals surface area contributed by atoms with E-state index in [2.05, 4.69) is 36.3 Å². The molecule has 3 aromatic rings. The number of para-hydroxylation sites is 1. The van der Waals surface area contributed by atoms with Crippen LogP contribution >= 0.6 is 0 Å². The number of halogens is 1. The Balaban J connectivity index is 1.34. The van der Waals surface area contributed by atoms with E-state index in [0.29, 0.717) is 22.6 Å². The van der Waals surface area contributed by atoms with E-state index in [9.17, 15) is 14.3 Å². The van der Waals surface area contributed by atoms with Crippen LogP contribution in [0.4, 0.5) is 15.8 Å². The largest absolute Gasteiger partial charge is 0.505 e. The minimum absolute atomic E-state index is 0.101. The number of nitrogens with one attached hydrogen (secondary N) is 2. The molecule has 2 atom stereocenters. The first-order chi connectivity index (χ1) is 16.9. The maximum atomic E-state index is 13.6. The summed E-state index contributed by atoms with van der Waals surface area (Å²) in [5.41, 5.74) is 5.46. The Morgan fingerprint density at radius 1 is 1.20 bits per heavy atom. The van der Waals surface area contributed by atoms with Gasteiger partial charge in [0.2, 0.25) is 0 Å². The molecule has 1 aliphatic heterocycles. The number of tetrazole rings is 1. The number of aryl methyl sites for hydroxylation is 1. The van der Waals surface area contributed by atoms with E-state index in [-0.39, 0.29) is 29.1 Å². The third kappa shape index (κ3) is 4.36. The number of hydrogen-bond acceptors (Lipinski definition) is 8. The predicted octanol–water partition coefficient (Wildman–Crippen LogP) is 3.98. The number of aromatic amines is 1. The number of amides is 1. The van der Waals surface area contributed by atoms with Gasteiger partial charge in [-0.3, -0.25) is 10.2 Å². The second kappa shape index (κ2) is 9.24. The van der Waals surface area contributed by atoms with Crippen LogP contribution < -0.4 is 10.4 Å². The maximum absolute atomic E-state index is 13.6. The van der Waals surface area contributed by atoms with Crippen LogP contribution in [-0.4, -0.2) is 43.1 Å². The summed E-state index contributed by atoms with van der Waals surface area (Å²) in [4.78, 5) is 12.9. The number of hydrogen-bond donors (Lipinski definition) is 3. The van der Waals surface area contributed by atoms with Crippen molar-refractivity contribution in [1.29, 1.82) is 0 Å². The van der Waals surface area contributed by atoms with E-state index < -0.39 is 5.91 Å². The predicted molar refractivity (Wildman–Crippen MR) is 129 cm³/mol. The Morgan fingerprint density at radius 2 is 2.03 bits per heavy atom. The molecule has 1 amide bonds. The highest BCUT2D eigenvalue weighted by Crippen LogP contribution is 2.44. The number of H-pyrrole nitrogens is 1. The van der Waals surface area contributed by atoms with Crippen molar-refractivity contribution < 1.29 is 14.3 Å². The van der Waals surface area contributed by atoms with Crippen LogP contribution in [0.2, 0.25) is 0 Å². The average molecular weight is 477 g/mol. The van der Waals surface area contributed by atoms with Crippen molar-refractivity contribution in [1.82, 2.24) is 20.6 Å². The van der Waals surface area contributed by atoms with Crippen LogP contribution in [0.5, 0.6) is 5.75 Å². The molecule has 10 nitrogen and oxygen atoms in total. The Bertz CT molecular complexity index is 1320. The van der Waals surface area contributed by atoms with Crippen LogP contribution in [0.15, 0.2) is 46.6 Å². The summed E-state index contributed by atoms with van der Waals surface area (Å²) in [5, 5.41) is 35.0. The van der Waals surface area contributed by atoms with Crippen molar-refractivity contribution in [3.8, 4) is 5.75 Å². The fourth-order valence-corrected chi connectivity index (χ4v) is 4.72. The Kier molecular flexibility index (Phi) is 5.98. The third-order valence-corrected chi connectivity index (χ3v) is 6.59. The molecule has 2 aromatic carbocycles. The van der Waals surface area contributed by atoms with Gasteiger partial charge in [-0.2, -0.15) is 15.2 Å². The molecular formula is C24H25FN8O2.